The summed E-state index contributed by atoms with van der Waals surface area (Å²) in [5.41, 5.74) is 0.489. The molecule has 7 heteroatoms. The van der Waals surface area contributed by atoms with E-state index in [0.717, 1.165) is 0 Å². The minimum Gasteiger partial charge on any atom is -0.379 e. The van der Waals surface area contributed by atoms with Crippen molar-refractivity contribution in [2.75, 3.05) is 0 Å². The van der Waals surface area contributed by atoms with Crippen LogP contribution in [0.4, 0.5) is 0 Å². The van der Waals surface area contributed by atoms with E-state index in [1.807, 2.05) is 0 Å². The number of aliphatic hydroxyl groups is 1. The Bertz CT molecular complexity index is 404. The SMILES string of the molecule is Cn1ncc(Cl)c1C(O)c1ncn[nH]1. The first-order valence-corrected chi connectivity index (χ1v) is 4.28. The third kappa shape index (κ3) is 1.38. The van der Waals surface area contributed by atoms with Crippen molar-refractivity contribution in [1.29, 1.82) is 0 Å². The number of halogens is 1. The van der Waals surface area contributed by atoms with Crippen LogP contribution in [-0.2, 0) is 7.05 Å². The smallest absolute Gasteiger partial charge is 0.159 e. The van der Waals surface area contributed by atoms with E-state index in [-0.39, 0.29) is 0 Å². The lowest BCUT2D eigenvalue weighted by Gasteiger charge is -2.07. The molecule has 2 heterocycles. The van der Waals surface area contributed by atoms with Crippen LogP contribution in [-0.4, -0.2) is 30.1 Å². The molecule has 6 nitrogen and oxygen atoms in total. The summed E-state index contributed by atoms with van der Waals surface area (Å²) in [6.45, 7) is 0. The molecule has 0 bridgehead atoms. The average molecular weight is 214 g/mol. The molecule has 0 saturated heterocycles. The first kappa shape index (κ1) is 9.17. The number of aliphatic hydroxyl groups excluding tert-OH is 1. The molecule has 2 aromatic rings. The maximum Gasteiger partial charge on any atom is 0.159 e. The quantitative estimate of drug-likeness (QED) is 0.751. The van der Waals surface area contributed by atoms with Crippen LogP contribution in [0.5, 0.6) is 0 Å². The fourth-order valence-electron chi connectivity index (χ4n) is 1.20. The van der Waals surface area contributed by atoms with E-state index in [2.05, 4.69) is 20.3 Å². The lowest BCUT2D eigenvalue weighted by atomic mass is 10.2. The molecule has 0 saturated carbocycles. The van der Waals surface area contributed by atoms with Crippen molar-refractivity contribution >= 4 is 11.6 Å². The summed E-state index contributed by atoms with van der Waals surface area (Å²) in [6, 6.07) is 0. The number of aromatic amines is 1. The van der Waals surface area contributed by atoms with Crippen LogP contribution in [0.25, 0.3) is 0 Å². The molecule has 0 aliphatic carbocycles. The fourth-order valence-corrected chi connectivity index (χ4v) is 1.47. The largest absolute Gasteiger partial charge is 0.379 e. The number of aryl methyl sites for hydroxylation is 1. The number of H-pyrrole nitrogens is 1. The topological polar surface area (TPSA) is 79.6 Å². The van der Waals surface area contributed by atoms with Crippen molar-refractivity contribution in [2.24, 2.45) is 7.05 Å². The number of rotatable bonds is 2. The van der Waals surface area contributed by atoms with Crippen molar-refractivity contribution < 1.29 is 5.11 Å². The minimum absolute atomic E-state index is 0.343. The van der Waals surface area contributed by atoms with E-state index in [4.69, 9.17) is 11.6 Å². The van der Waals surface area contributed by atoms with Crippen LogP contribution in [0.2, 0.25) is 5.02 Å². The Morgan fingerprint density at radius 1 is 1.64 bits per heavy atom. The van der Waals surface area contributed by atoms with Gasteiger partial charge in [0.1, 0.15) is 6.33 Å². The normalized spacial score (nSPS) is 13.1. The van der Waals surface area contributed by atoms with Gasteiger partial charge in [-0.2, -0.15) is 10.2 Å². The molecule has 0 aliphatic rings. The minimum atomic E-state index is -0.933. The molecule has 14 heavy (non-hydrogen) atoms. The van der Waals surface area contributed by atoms with Gasteiger partial charge in [-0.25, -0.2) is 4.98 Å². The van der Waals surface area contributed by atoms with Gasteiger partial charge in [-0.3, -0.25) is 9.78 Å². The predicted octanol–water partition coefficient (Wildman–Crippen LogP) is 0.273. The van der Waals surface area contributed by atoms with E-state index in [1.54, 1.807) is 7.05 Å². The standard InChI is InChI=1S/C7H8ClN5O/c1-13-5(4(8)2-11-13)6(14)7-9-3-10-12-7/h2-3,6,14H,1H3,(H,9,10,12). The number of nitrogens with one attached hydrogen (secondary N) is 1. The van der Waals surface area contributed by atoms with Crippen molar-refractivity contribution in [1.82, 2.24) is 25.0 Å². The lowest BCUT2D eigenvalue weighted by molar-refractivity contribution is 0.200. The second-order valence-corrected chi connectivity index (χ2v) is 3.18. The van der Waals surface area contributed by atoms with Gasteiger partial charge >= 0.3 is 0 Å². The first-order valence-electron chi connectivity index (χ1n) is 3.91. The molecule has 0 aliphatic heterocycles. The molecule has 2 aromatic heterocycles. The van der Waals surface area contributed by atoms with Crippen molar-refractivity contribution in [2.45, 2.75) is 6.10 Å². The number of hydrogen-bond donors (Lipinski definition) is 2. The van der Waals surface area contributed by atoms with Crippen molar-refractivity contribution in [3.05, 3.63) is 29.1 Å². The molecule has 0 aromatic carbocycles. The van der Waals surface area contributed by atoms with Crippen LogP contribution in [0.3, 0.4) is 0 Å². The highest BCUT2D eigenvalue weighted by Gasteiger charge is 2.20. The molecule has 1 unspecified atom stereocenters. The van der Waals surface area contributed by atoms with E-state index < -0.39 is 6.10 Å². The summed E-state index contributed by atoms with van der Waals surface area (Å²) in [6.07, 6.45) is 1.86. The molecule has 0 fully saturated rings. The summed E-state index contributed by atoms with van der Waals surface area (Å²) in [5.74, 6) is 0.343. The van der Waals surface area contributed by atoms with Crippen LogP contribution >= 0.6 is 11.6 Å². The Morgan fingerprint density at radius 2 is 2.43 bits per heavy atom. The van der Waals surface area contributed by atoms with Gasteiger partial charge in [0, 0.05) is 7.05 Å². The van der Waals surface area contributed by atoms with Gasteiger partial charge in [-0.05, 0) is 0 Å². The van der Waals surface area contributed by atoms with Crippen molar-refractivity contribution in [3.63, 3.8) is 0 Å². The molecule has 74 valence electrons. The molecule has 0 amide bonds. The predicted molar refractivity (Wildman–Crippen MR) is 48.7 cm³/mol. The van der Waals surface area contributed by atoms with E-state index >= 15 is 0 Å². The Kier molecular flexibility index (Phi) is 2.22. The molecule has 2 N–H and O–H groups in total. The molecule has 1 atom stereocenters. The number of aromatic nitrogens is 5. The van der Waals surface area contributed by atoms with Gasteiger partial charge in [0.25, 0.3) is 0 Å². The summed E-state index contributed by atoms with van der Waals surface area (Å²) in [7, 11) is 1.70. The van der Waals surface area contributed by atoms with Gasteiger partial charge in [-0.15, -0.1) is 0 Å². The number of hydrogen-bond acceptors (Lipinski definition) is 4. The number of nitrogens with zero attached hydrogens (tertiary/aromatic N) is 4. The van der Waals surface area contributed by atoms with Gasteiger partial charge in [0.15, 0.2) is 11.9 Å². The average Bonchev–Trinajstić information content (AvgIpc) is 2.75. The zero-order valence-electron chi connectivity index (χ0n) is 7.35. The maximum absolute atomic E-state index is 9.85. The Morgan fingerprint density at radius 3 is 2.93 bits per heavy atom. The maximum atomic E-state index is 9.85. The van der Waals surface area contributed by atoms with Crippen LogP contribution < -0.4 is 0 Å². The monoisotopic (exact) mass is 213 g/mol. The van der Waals surface area contributed by atoms with Gasteiger partial charge in [0.05, 0.1) is 16.9 Å². The third-order valence-electron chi connectivity index (χ3n) is 1.89. The van der Waals surface area contributed by atoms with Gasteiger partial charge in [0.2, 0.25) is 0 Å². The summed E-state index contributed by atoms with van der Waals surface area (Å²) in [4.78, 5) is 3.84. The molecular weight excluding hydrogens is 206 g/mol. The highest BCUT2D eigenvalue weighted by atomic mass is 35.5. The summed E-state index contributed by atoms with van der Waals surface area (Å²) < 4.78 is 1.50. The highest BCUT2D eigenvalue weighted by molar-refractivity contribution is 6.31. The third-order valence-corrected chi connectivity index (χ3v) is 2.18. The highest BCUT2D eigenvalue weighted by Crippen LogP contribution is 2.24. The van der Waals surface area contributed by atoms with E-state index in [9.17, 15) is 5.11 Å². The van der Waals surface area contributed by atoms with Crippen LogP contribution in [0.15, 0.2) is 12.5 Å². The zero-order chi connectivity index (χ0) is 10.1. The summed E-state index contributed by atoms with van der Waals surface area (Å²) in [5, 5.41) is 20.4. The second-order valence-electron chi connectivity index (χ2n) is 2.77. The van der Waals surface area contributed by atoms with Gasteiger partial charge in [-0.1, -0.05) is 11.6 Å². The van der Waals surface area contributed by atoms with Crippen molar-refractivity contribution in [3.8, 4) is 0 Å². The molecule has 2 rings (SSSR count). The Hall–Kier alpha value is -1.40. The second kappa shape index (κ2) is 3.39. The Balaban J connectivity index is 2.41. The molecule has 0 radical (unpaired) electrons. The first-order chi connectivity index (χ1) is 6.70. The fraction of sp³-hybridized carbons (Fsp3) is 0.286. The van der Waals surface area contributed by atoms with E-state index in [1.165, 1.54) is 17.2 Å². The van der Waals surface area contributed by atoms with Crippen LogP contribution in [0, 0.1) is 0 Å². The van der Waals surface area contributed by atoms with Gasteiger partial charge < -0.3 is 5.11 Å². The molecule has 0 spiro atoms. The Labute approximate surface area is 84.5 Å². The summed E-state index contributed by atoms with van der Waals surface area (Å²) >= 11 is 5.85. The lowest BCUT2D eigenvalue weighted by Crippen LogP contribution is -2.08. The van der Waals surface area contributed by atoms with Crippen LogP contribution in [0.1, 0.15) is 17.6 Å². The van der Waals surface area contributed by atoms with E-state index in [0.29, 0.717) is 16.5 Å². The zero-order valence-corrected chi connectivity index (χ0v) is 8.10. The molecular formula is C7H8ClN5O.